The van der Waals surface area contributed by atoms with Crippen LogP contribution in [-0.2, 0) is 5.60 Å². The summed E-state index contributed by atoms with van der Waals surface area (Å²) in [5.41, 5.74) is -0.287. The minimum absolute atomic E-state index is 0.285. The molecule has 1 aromatic carbocycles. The third-order valence-electron chi connectivity index (χ3n) is 4.24. The SMILES string of the molecule is CCNC1CCC(O)(c2cc3cc(F)ccc3o2)CC1. The summed E-state index contributed by atoms with van der Waals surface area (Å²) < 4.78 is 18.9. The number of fused-ring (bicyclic) bond motifs is 1. The first kappa shape index (κ1) is 13.6. The fourth-order valence-electron chi connectivity index (χ4n) is 3.08. The molecule has 0 atom stereocenters. The lowest BCUT2D eigenvalue weighted by molar-refractivity contribution is -0.0253. The summed E-state index contributed by atoms with van der Waals surface area (Å²) in [6.07, 6.45) is 3.20. The van der Waals surface area contributed by atoms with Crippen molar-refractivity contribution in [1.82, 2.24) is 5.32 Å². The van der Waals surface area contributed by atoms with Crippen LogP contribution in [-0.4, -0.2) is 17.7 Å². The summed E-state index contributed by atoms with van der Waals surface area (Å²) >= 11 is 0. The molecule has 2 N–H and O–H groups in total. The Morgan fingerprint density at radius 3 is 2.80 bits per heavy atom. The number of rotatable bonds is 3. The van der Waals surface area contributed by atoms with Crippen molar-refractivity contribution >= 4 is 11.0 Å². The average molecular weight is 277 g/mol. The zero-order valence-electron chi connectivity index (χ0n) is 11.7. The van der Waals surface area contributed by atoms with Gasteiger partial charge in [0, 0.05) is 11.4 Å². The maximum atomic E-state index is 13.2. The van der Waals surface area contributed by atoms with Crippen molar-refractivity contribution in [2.24, 2.45) is 0 Å². The molecule has 0 aliphatic heterocycles. The van der Waals surface area contributed by atoms with Crippen LogP contribution in [0.25, 0.3) is 11.0 Å². The van der Waals surface area contributed by atoms with Crippen molar-refractivity contribution in [3.63, 3.8) is 0 Å². The Labute approximate surface area is 117 Å². The molecule has 1 saturated carbocycles. The van der Waals surface area contributed by atoms with E-state index in [9.17, 15) is 9.50 Å². The lowest BCUT2D eigenvalue weighted by atomic mass is 9.80. The van der Waals surface area contributed by atoms with Crippen LogP contribution < -0.4 is 5.32 Å². The highest BCUT2D eigenvalue weighted by atomic mass is 19.1. The van der Waals surface area contributed by atoms with Gasteiger partial charge in [-0.15, -0.1) is 0 Å². The molecule has 0 amide bonds. The van der Waals surface area contributed by atoms with Crippen molar-refractivity contribution in [1.29, 1.82) is 0 Å². The van der Waals surface area contributed by atoms with Gasteiger partial charge in [-0.2, -0.15) is 0 Å². The Morgan fingerprint density at radius 2 is 2.10 bits per heavy atom. The third kappa shape index (κ3) is 2.45. The summed E-state index contributed by atoms with van der Waals surface area (Å²) in [5.74, 6) is 0.278. The summed E-state index contributed by atoms with van der Waals surface area (Å²) in [6.45, 7) is 3.04. The van der Waals surface area contributed by atoms with E-state index in [0.717, 1.165) is 19.4 Å². The first-order valence-corrected chi connectivity index (χ1v) is 7.26. The van der Waals surface area contributed by atoms with E-state index in [0.29, 0.717) is 35.6 Å². The highest BCUT2D eigenvalue weighted by molar-refractivity contribution is 5.78. The predicted octanol–water partition coefficient (Wildman–Crippen LogP) is 3.31. The Balaban J connectivity index is 1.83. The maximum absolute atomic E-state index is 13.2. The lowest BCUT2D eigenvalue weighted by Crippen LogP contribution is -2.39. The molecule has 1 aliphatic rings. The van der Waals surface area contributed by atoms with Gasteiger partial charge in [-0.25, -0.2) is 4.39 Å². The van der Waals surface area contributed by atoms with Gasteiger partial charge in [0.2, 0.25) is 0 Å². The fourth-order valence-corrected chi connectivity index (χ4v) is 3.08. The van der Waals surface area contributed by atoms with Gasteiger partial charge >= 0.3 is 0 Å². The molecule has 20 heavy (non-hydrogen) atoms. The number of hydrogen-bond donors (Lipinski definition) is 2. The molecular weight excluding hydrogens is 257 g/mol. The zero-order chi connectivity index (χ0) is 14.2. The van der Waals surface area contributed by atoms with Crippen LogP contribution in [0.4, 0.5) is 4.39 Å². The third-order valence-corrected chi connectivity index (χ3v) is 4.24. The summed E-state index contributed by atoms with van der Waals surface area (Å²) in [7, 11) is 0. The molecule has 2 aromatic rings. The molecule has 1 aliphatic carbocycles. The molecule has 3 rings (SSSR count). The smallest absolute Gasteiger partial charge is 0.136 e. The number of furan rings is 1. The first-order chi connectivity index (χ1) is 9.60. The molecular formula is C16H20FNO2. The van der Waals surface area contributed by atoms with Crippen molar-refractivity contribution in [2.45, 2.75) is 44.2 Å². The van der Waals surface area contributed by atoms with E-state index >= 15 is 0 Å². The number of aliphatic hydroxyl groups is 1. The van der Waals surface area contributed by atoms with Crippen molar-refractivity contribution in [2.75, 3.05) is 6.54 Å². The molecule has 108 valence electrons. The van der Waals surface area contributed by atoms with E-state index in [1.54, 1.807) is 12.1 Å². The maximum Gasteiger partial charge on any atom is 0.136 e. The molecule has 0 bridgehead atoms. The minimum atomic E-state index is -0.915. The molecule has 3 nitrogen and oxygen atoms in total. The van der Waals surface area contributed by atoms with Crippen LogP contribution in [0.3, 0.4) is 0 Å². The molecule has 4 heteroatoms. The van der Waals surface area contributed by atoms with Crippen LogP contribution in [0.5, 0.6) is 0 Å². The van der Waals surface area contributed by atoms with Crippen molar-refractivity contribution in [3.8, 4) is 0 Å². The molecule has 0 spiro atoms. The number of benzene rings is 1. The van der Waals surface area contributed by atoms with Crippen LogP contribution in [0.1, 0.15) is 38.4 Å². The molecule has 1 heterocycles. The second-order valence-electron chi connectivity index (χ2n) is 5.66. The largest absolute Gasteiger partial charge is 0.458 e. The number of nitrogens with one attached hydrogen (secondary N) is 1. The molecule has 0 radical (unpaired) electrons. The standard InChI is InChI=1S/C16H20FNO2/c1-2-18-13-5-7-16(19,8-6-13)15-10-11-9-12(17)3-4-14(11)20-15/h3-4,9-10,13,18-19H,2,5-8H2,1H3. The normalized spacial score (nSPS) is 27.1. The van der Waals surface area contributed by atoms with Gasteiger partial charge in [0.1, 0.15) is 22.8 Å². The van der Waals surface area contributed by atoms with Gasteiger partial charge in [0.05, 0.1) is 0 Å². The van der Waals surface area contributed by atoms with Gasteiger partial charge in [-0.1, -0.05) is 6.92 Å². The van der Waals surface area contributed by atoms with Crippen LogP contribution >= 0.6 is 0 Å². The lowest BCUT2D eigenvalue weighted by Gasteiger charge is -2.34. The predicted molar refractivity (Wildman–Crippen MR) is 76.0 cm³/mol. The van der Waals surface area contributed by atoms with E-state index in [4.69, 9.17) is 4.42 Å². The average Bonchev–Trinajstić information content (AvgIpc) is 2.85. The highest BCUT2D eigenvalue weighted by Crippen LogP contribution is 2.39. The first-order valence-electron chi connectivity index (χ1n) is 7.26. The Kier molecular flexibility index (Phi) is 3.52. The summed E-state index contributed by atoms with van der Waals surface area (Å²) in [5, 5.41) is 14.9. The summed E-state index contributed by atoms with van der Waals surface area (Å²) in [4.78, 5) is 0. The fraction of sp³-hybridized carbons (Fsp3) is 0.500. The van der Waals surface area contributed by atoms with Crippen molar-refractivity contribution < 1.29 is 13.9 Å². The van der Waals surface area contributed by atoms with E-state index in [-0.39, 0.29) is 5.82 Å². The van der Waals surface area contributed by atoms with Gasteiger partial charge < -0.3 is 14.8 Å². The number of halogens is 1. The second kappa shape index (κ2) is 5.19. The second-order valence-corrected chi connectivity index (χ2v) is 5.66. The summed E-state index contributed by atoms with van der Waals surface area (Å²) in [6, 6.07) is 6.67. The Bertz CT molecular complexity index is 600. The quantitative estimate of drug-likeness (QED) is 0.904. The molecule has 0 saturated heterocycles. The van der Waals surface area contributed by atoms with Crippen LogP contribution in [0.2, 0.25) is 0 Å². The van der Waals surface area contributed by atoms with Gasteiger partial charge in [0.15, 0.2) is 0 Å². The topological polar surface area (TPSA) is 45.4 Å². The van der Waals surface area contributed by atoms with E-state index < -0.39 is 5.60 Å². The molecule has 0 unspecified atom stereocenters. The van der Waals surface area contributed by atoms with Gasteiger partial charge in [-0.05, 0) is 56.5 Å². The molecule has 1 fully saturated rings. The van der Waals surface area contributed by atoms with E-state index in [1.165, 1.54) is 12.1 Å². The zero-order valence-corrected chi connectivity index (χ0v) is 11.7. The molecule has 1 aromatic heterocycles. The van der Waals surface area contributed by atoms with Crippen molar-refractivity contribution in [3.05, 3.63) is 35.8 Å². The monoisotopic (exact) mass is 277 g/mol. The highest BCUT2D eigenvalue weighted by Gasteiger charge is 2.37. The van der Waals surface area contributed by atoms with E-state index in [1.807, 2.05) is 0 Å². The Morgan fingerprint density at radius 1 is 1.35 bits per heavy atom. The van der Waals surface area contributed by atoms with Gasteiger partial charge in [0.25, 0.3) is 0 Å². The van der Waals surface area contributed by atoms with Crippen LogP contribution in [0.15, 0.2) is 28.7 Å². The number of hydrogen-bond acceptors (Lipinski definition) is 3. The Hall–Kier alpha value is -1.39. The van der Waals surface area contributed by atoms with Gasteiger partial charge in [-0.3, -0.25) is 0 Å². The minimum Gasteiger partial charge on any atom is -0.458 e. The van der Waals surface area contributed by atoms with Crippen LogP contribution in [0, 0.1) is 5.82 Å². The van der Waals surface area contributed by atoms with E-state index in [2.05, 4.69) is 12.2 Å².